The van der Waals surface area contributed by atoms with Crippen molar-refractivity contribution in [1.29, 1.82) is 0 Å². The molecule has 0 atom stereocenters. The summed E-state index contributed by atoms with van der Waals surface area (Å²) in [4.78, 5) is 2.51. The zero-order valence-corrected chi connectivity index (χ0v) is 11.9. The average molecular weight is 258 g/mol. The Labute approximate surface area is 117 Å². The van der Waals surface area contributed by atoms with Crippen LogP contribution in [0.15, 0.2) is 24.3 Å². The van der Waals surface area contributed by atoms with Crippen molar-refractivity contribution in [2.75, 3.05) is 29.9 Å². The number of hydrogen-bond acceptors (Lipinski definition) is 2. The van der Waals surface area contributed by atoms with Crippen LogP contribution in [-0.4, -0.2) is 19.6 Å². The van der Waals surface area contributed by atoms with Crippen molar-refractivity contribution >= 4 is 11.4 Å². The average Bonchev–Trinajstić information content (AvgIpc) is 3.01. The van der Waals surface area contributed by atoms with Crippen molar-refractivity contribution in [3.63, 3.8) is 0 Å². The van der Waals surface area contributed by atoms with Gasteiger partial charge in [0.2, 0.25) is 0 Å². The van der Waals surface area contributed by atoms with Crippen LogP contribution in [0.25, 0.3) is 0 Å². The summed E-state index contributed by atoms with van der Waals surface area (Å²) in [5, 5.41) is 3.65. The predicted octanol–water partition coefficient (Wildman–Crippen LogP) is 4.28. The Morgan fingerprint density at radius 3 is 2.58 bits per heavy atom. The first-order chi connectivity index (χ1) is 9.42. The second kappa shape index (κ2) is 6.31. The van der Waals surface area contributed by atoms with Crippen LogP contribution in [0.3, 0.4) is 0 Å². The summed E-state index contributed by atoms with van der Waals surface area (Å²) in [7, 11) is 0. The van der Waals surface area contributed by atoms with Gasteiger partial charge < -0.3 is 10.2 Å². The van der Waals surface area contributed by atoms with E-state index in [1.165, 1.54) is 69.4 Å². The predicted molar refractivity (Wildman–Crippen MR) is 83.0 cm³/mol. The third-order valence-electron chi connectivity index (χ3n) is 4.64. The molecule has 1 heterocycles. The summed E-state index contributed by atoms with van der Waals surface area (Å²) in [6, 6.07) is 8.98. The summed E-state index contributed by atoms with van der Waals surface area (Å²) in [5.74, 6) is 0.893. The molecule has 1 N–H and O–H groups in total. The van der Waals surface area contributed by atoms with E-state index in [1.54, 1.807) is 0 Å². The Morgan fingerprint density at radius 1 is 1.00 bits per heavy atom. The molecule has 1 saturated heterocycles. The van der Waals surface area contributed by atoms with Crippen LogP contribution in [0.4, 0.5) is 11.4 Å². The second-order valence-corrected chi connectivity index (χ2v) is 6.13. The topological polar surface area (TPSA) is 15.3 Å². The van der Waals surface area contributed by atoms with Crippen LogP contribution >= 0.6 is 0 Å². The molecule has 0 amide bonds. The first-order valence-corrected chi connectivity index (χ1v) is 8.01. The van der Waals surface area contributed by atoms with Gasteiger partial charge in [0, 0.05) is 31.0 Å². The van der Waals surface area contributed by atoms with E-state index in [0.717, 1.165) is 12.5 Å². The van der Waals surface area contributed by atoms with Crippen molar-refractivity contribution in [3.8, 4) is 0 Å². The molecule has 2 nitrogen and oxygen atoms in total. The molecule has 1 saturated carbocycles. The summed E-state index contributed by atoms with van der Waals surface area (Å²) in [6.45, 7) is 3.61. The molecule has 1 aliphatic carbocycles. The molecule has 0 bridgehead atoms. The zero-order valence-electron chi connectivity index (χ0n) is 11.9. The van der Waals surface area contributed by atoms with Gasteiger partial charge in [0.1, 0.15) is 0 Å². The Kier molecular flexibility index (Phi) is 4.27. The van der Waals surface area contributed by atoms with Gasteiger partial charge in [-0.1, -0.05) is 25.3 Å². The number of benzene rings is 1. The highest BCUT2D eigenvalue weighted by Gasteiger charge is 2.14. The fourth-order valence-electron chi connectivity index (χ4n) is 3.44. The summed E-state index contributed by atoms with van der Waals surface area (Å²) in [5.41, 5.74) is 2.70. The van der Waals surface area contributed by atoms with E-state index in [-0.39, 0.29) is 0 Å². The van der Waals surface area contributed by atoms with E-state index in [4.69, 9.17) is 0 Å². The Balaban J connectivity index is 1.56. The van der Waals surface area contributed by atoms with Crippen LogP contribution in [0.5, 0.6) is 0 Å². The molecule has 0 radical (unpaired) electrons. The molecule has 0 spiro atoms. The highest BCUT2D eigenvalue weighted by molar-refractivity contribution is 5.58. The van der Waals surface area contributed by atoms with Gasteiger partial charge in [0.25, 0.3) is 0 Å². The molecule has 3 rings (SSSR count). The summed E-state index contributed by atoms with van der Waals surface area (Å²) >= 11 is 0. The maximum absolute atomic E-state index is 3.65. The molecule has 0 aromatic heterocycles. The molecular weight excluding hydrogens is 232 g/mol. The highest BCUT2D eigenvalue weighted by Crippen LogP contribution is 2.26. The third kappa shape index (κ3) is 3.43. The molecule has 1 aromatic rings. The monoisotopic (exact) mass is 258 g/mol. The fraction of sp³-hybridized carbons (Fsp3) is 0.647. The highest BCUT2D eigenvalue weighted by atomic mass is 15.1. The van der Waals surface area contributed by atoms with Crippen molar-refractivity contribution in [1.82, 2.24) is 0 Å². The van der Waals surface area contributed by atoms with E-state index in [2.05, 4.69) is 34.5 Å². The lowest BCUT2D eigenvalue weighted by molar-refractivity contribution is 0.373. The normalized spacial score (nSPS) is 20.7. The minimum atomic E-state index is 0.893. The standard InChI is InChI=1S/C17H26N2/c1-2-7-15(8-3-1)14-18-16-9-6-10-17(13-16)19-11-4-5-12-19/h6,9-10,13,15,18H,1-5,7-8,11-12,14H2. The van der Waals surface area contributed by atoms with Gasteiger partial charge in [0.05, 0.1) is 0 Å². The zero-order chi connectivity index (χ0) is 12.9. The van der Waals surface area contributed by atoms with E-state index >= 15 is 0 Å². The Morgan fingerprint density at radius 2 is 1.79 bits per heavy atom. The SMILES string of the molecule is c1cc(NCC2CCCCC2)cc(N2CCCC2)c1. The van der Waals surface area contributed by atoms with Crippen molar-refractivity contribution < 1.29 is 0 Å². The van der Waals surface area contributed by atoms with Crippen molar-refractivity contribution in [2.45, 2.75) is 44.9 Å². The lowest BCUT2D eigenvalue weighted by atomic mass is 9.89. The van der Waals surface area contributed by atoms with E-state index in [1.807, 2.05) is 0 Å². The van der Waals surface area contributed by atoms with Gasteiger partial charge in [-0.25, -0.2) is 0 Å². The van der Waals surface area contributed by atoms with Crippen LogP contribution in [-0.2, 0) is 0 Å². The van der Waals surface area contributed by atoms with Gasteiger partial charge in [-0.2, -0.15) is 0 Å². The molecule has 19 heavy (non-hydrogen) atoms. The number of nitrogens with one attached hydrogen (secondary N) is 1. The molecular formula is C17H26N2. The minimum absolute atomic E-state index is 0.893. The van der Waals surface area contributed by atoms with Gasteiger partial charge in [-0.05, 0) is 49.8 Å². The van der Waals surface area contributed by atoms with Gasteiger partial charge in [0.15, 0.2) is 0 Å². The van der Waals surface area contributed by atoms with Gasteiger partial charge in [-0.15, -0.1) is 0 Å². The van der Waals surface area contributed by atoms with E-state index < -0.39 is 0 Å². The molecule has 1 aliphatic heterocycles. The quantitative estimate of drug-likeness (QED) is 0.867. The Bertz CT molecular complexity index is 390. The molecule has 0 unspecified atom stereocenters. The van der Waals surface area contributed by atoms with Gasteiger partial charge in [-0.3, -0.25) is 0 Å². The maximum atomic E-state index is 3.65. The lowest BCUT2D eigenvalue weighted by Crippen LogP contribution is -2.19. The number of nitrogens with zero attached hydrogens (tertiary/aromatic N) is 1. The van der Waals surface area contributed by atoms with Gasteiger partial charge >= 0.3 is 0 Å². The first kappa shape index (κ1) is 12.8. The van der Waals surface area contributed by atoms with E-state index in [0.29, 0.717) is 0 Å². The third-order valence-corrected chi connectivity index (χ3v) is 4.64. The number of anilines is 2. The molecule has 2 fully saturated rings. The second-order valence-electron chi connectivity index (χ2n) is 6.13. The van der Waals surface area contributed by atoms with Crippen LogP contribution in [0.1, 0.15) is 44.9 Å². The van der Waals surface area contributed by atoms with E-state index in [9.17, 15) is 0 Å². The minimum Gasteiger partial charge on any atom is -0.385 e. The van der Waals surface area contributed by atoms with Crippen LogP contribution in [0, 0.1) is 5.92 Å². The molecule has 104 valence electrons. The largest absolute Gasteiger partial charge is 0.385 e. The van der Waals surface area contributed by atoms with Crippen molar-refractivity contribution in [2.24, 2.45) is 5.92 Å². The van der Waals surface area contributed by atoms with Crippen molar-refractivity contribution in [3.05, 3.63) is 24.3 Å². The molecule has 1 aromatic carbocycles. The number of rotatable bonds is 4. The first-order valence-electron chi connectivity index (χ1n) is 8.01. The number of hydrogen-bond donors (Lipinski definition) is 1. The fourth-order valence-corrected chi connectivity index (χ4v) is 3.44. The maximum Gasteiger partial charge on any atom is 0.0386 e. The smallest absolute Gasteiger partial charge is 0.0386 e. The molecule has 2 aliphatic rings. The van der Waals surface area contributed by atoms with Crippen LogP contribution in [0.2, 0.25) is 0 Å². The summed E-state index contributed by atoms with van der Waals surface area (Å²) < 4.78 is 0. The Hall–Kier alpha value is -1.18. The van der Waals surface area contributed by atoms with Crippen LogP contribution < -0.4 is 10.2 Å². The lowest BCUT2D eigenvalue weighted by Gasteiger charge is -2.23. The molecule has 2 heteroatoms. The summed E-state index contributed by atoms with van der Waals surface area (Å²) in [6.07, 6.45) is 9.83.